The van der Waals surface area contributed by atoms with Gasteiger partial charge in [0.1, 0.15) is 6.54 Å². The number of nitrogens with zero attached hydrogens (tertiary/aromatic N) is 2. The van der Waals surface area contributed by atoms with Crippen LogP contribution in [0.25, 0.3) is 0 Å². The monoisotopic (exact) mass is 440 g/mol. The fourth-order valence-corrected chi connectivity index (χ4v) is 4.08. The summed E-state index contributed by atoms with van der Waals surface area (Å²) >= 11 is 0. The van der Waals surface area contributed by atoms with Crippen LogP contribution in [0.5, 0.6) is 0 Å². The van der Waals surface area contributed by atoms with Crippen LogP contribution >= 0.6 is 0 Å². The highest BCUT2D eigenvalue weighted by Gasteiger charge is 2.34. The Kier molecular flexibility index (Phi) is 5.78. The molecule has 0 fully saturated rings. The van der Waals surface area contributed by atoms with E-state index in [2.05, 4.69) is 4.98 Å². The number of aromatic nitrogens is 1. The Bertz CT molecular complexity index is 1140. The number of nitrogens with one attached hydrogen (secondary N) is 2. The van der Waals surface area contributed by atoms with Gasteiger partial charge < -0.3 is 10.3 Å². The van der Waals surface area contributed by atoms with Gasteiger partial charge in [0.25, 0.3) is 5.91 Å². The van der Waals surface area contributed by atoms with Crippen LogP contribution in [-0.2, 0) is 0 Å². The topological polar surface area (TPSA) is 60.5 Å². The molecule has 32 heavy (non-hydrogen) atoms. The number of alkyl halides is 3. The average Bonchev–Trinajstić information content (AvgIpc) is 3.34. The van der Waals surface area contributed by atoms with E-state index in [4.69, 9.17) is 5.10 Å². The number of halogens is 3. The van der Waals surface area contributed by atoms with Crippen molar-refractivity contribution in [3.8, 4) is 0 Å². The molecule has 5 nitrogen and oxygen atoms in total. The number of amides is 1. The van der Waals surface area contributed by atoms with Crippen LogP contribution < -0.4 is 10.3 Å². The van der Waals surface area contributed by atoms with Crippen LogP contribution in [0.3, 0.4) is 0 Å². The number of hydrazone groups is 1. The van der Waals surface area contributed by atoms with Gasteiger partial charge in [-0.15, -0.1) is 0 Å². The van der Waals surface area contributed by atoms with E-state index in [1.54, 1.807) is 13.8 Å². The van der Waals surface area contributed by atoms with Crippen molar-refractivity contribution in [3.05, 3.63) is 88.7 Å². The number of hydrogen-bond acceptors (Lipinski definition) is 3. The van der Waals surface area contributed by atoms with Gasteiger partial charge in [-0.1, -0.05) is 48.5 Å². The third kappa shape index (κ3) is 4.39. The van der Waals surface area contributed by atoms with E-state index in [9.17, 15) is 18.0 Å². The number of H-pyrrole nitrogens is 1. The van der Waals surface area contributed by atoms with E-state index in [0.717, 1.165) is 22.7 Å². The molecule has 3 aromatic rings. The Morgan fingerprint density at radius 1 is 1.09 bits per heavy atom. The van der Waals surface area contributed by atoms with Crippen molar-refractivity contribution in [3.63, 3.8) is 0 Å². The molecule has 8 heteroatoms. The van der Waals surface area contributed by atoms with E-state index in [0.29, 0.717) is 17.7 Å². The smallest absolute Gasteiger partial charge is 0.360 e. The summed E-state index contributed by atoms with van der Waals surface area (Å²) in [6.07, 6.45) is -3.88. The first kappa shape index (κ1) is 21.7. The summed E-state index contributed by atoms with van der Waals surface area (Å²) in [5.74, 6) is -0.742. The fraction of sp³-hybridized carbons (Fsp3) is 0.250. The highest BCUT2D eigenvalue weighted by atomic mass is 19.4. The van der Waals surface area contributed by atoms with Crippen LogP contribution in [0.15, 0.2) is 65.8 Å². The first-order valence-electron chi connectivity index (χ1n) is 10.3. The van der Waals surface area contributed by atoms with Gasteiger partial charge in [0, 0.05) is 17.8 Å². The Balaban J connectivity index is 1.70. The predicted octanol–water partition coefficient (Wildman–Crippen LogP) is 5.28. The standard InChI is InChI=1S/C24H23F3N4O/c1-15-21(23(32)28-14-24(25,26)27)16(2)29-22(15)20-13-19(17-9-5-3-6-10-17)30-31(20)18-11-7-4-8-12-18/h3-12,20,29H,13-14H2,1-2H3,(H,28,32). The zero-order chi connectivity index (χ0) is 22.9. The third-order valence-corrected chi connectivity index (χ3v) is 5.52. The fourth-order valence-electron chi connectivity index (χ4n) is 4.08. The highest BCUT2D eigenvalue weighted by molar-refractivity contribution is 6.03. The number of anilines is 1. The van der Waals surface area contributed by atoms with E-state index >= 15 is 0 Å². The summed E-state index contributed by atoms with van der Waals surface area (Å²) in [5, 5.41) is 8.74. The molecule has 166 valence electrons. The number of aromatic amines is 1. The molecule has 4 rings (SSSR count). The average molecular weight is 440 g/mol. The second-order valence-electron chi connectivity index (χ2n) is 7.77. The molecule has 0 saturated heterocycles. The van der Waals surface area contributed by atoms with Gasteiger partial charge in [-0.25, -0.2) is 0 Å². The molecule has 0 spiro atoms. The number of para-hydroxylation sites is 1. The first-order chi connectivity index (χ1) is 15.2. The van der Waals surface area contributed by atoms with Crippen molar-refractivity contribution in [1.29, 1.82) is 0 Å². The molecule has 1 unspecified atom stereocenters. The molecule has 1 aliphatic rings. The van der Waals surface area contributed by atoms with E-state index in [1.165, 1.54) is 0 Å². The minimum Gasteiger partial charge on any atom is -0.360 e. The first-order valence-corrected chi connectivity index (χ1v) is 10.3. The maximum atomic E-state index is 12.6. The lowest BCUT2D eigenvalue weighted by molar-refractivity contribution is -0.123. The molecule has 1 aromatic heterocycles. The normalized spacial score (nSPS) is 16.2. The number of hydrogen-bond donors (Lipinski definition) is 2. The van der Waals surface area contributed by atoms with Crippen LogP contribution in [-0.4, -0.2) is 29.3 Å². The van der Waals surface area contributed by atoms with Gasteiger partial charge in [-0.05, 0) is 37.1 Å². The van der Waals surface area contributed by atoms with Gasteiger partial charge in [0.2, 0.25) is 0 Å². The number of aryl methyl sites for hydroxylation is 1. The van der Waals surface area contributed by atoms with E-state index < -0.39 is 18.6 Å². The molecule has 1 atom stereocenters. The maximum Gasteiger partial charge on any atom is 0.405 e. The molecule has 1 aliphatic heterocycles. The molecular weight excluding hydrogens is 417 g/mol. The minimum absolute atomic E-state index is 0.226. The molecule has 0 radical (unpaired) electrons. The lowest BCUT2D eigenvalue weighted by atomic mass is 9.98. The van der Waals surface area contributed by atoms with Crippen molar-refractivity contribution in [1.82, 2.24) is 10.3 Å². The van der Waals surface area contributed by atoms with Gasteiger partial charge in [0.15, 0.2) is 0 Å². The highest BCUT2D eigenvalue weighted by Crippen LogP contribution is 2.38. The zero-order valence-corrected chi connectivity index (χ0v) is 17.7. The van der Waals surface area contributed by atoms with Crippen LogP contribution in [0.1, 0.15) is 45.3 Å². The molecule has 2 aromatic carbocycles. The Hall–Kier alpha value is -3.55. The largest absolute Gasteiger partial charge is 0.405 e. The number of rotatable bonds is 5. The Morgan fingerprint density at radius 2 is 1.72 bits per heavy atom. The second-order valence-corrected chi connectivity index (χ2v) is 7.77. The summed E-state index contributed by atoms with van der Waals surface area (Å²) < 4.78 is 37.7. The van der Waals surface area contributed by atoms with Crippen LogP contribution in [0.4, 0.5) is 18.9 Å². The van der Waals surface area contributed by atoms with Gasteiger partial charge in [-0.3, -0.25) is 9.80 Å². The summed E-state index contributed by atoms with van der Waals surface area (Å²) in [6.45, 7) is 2.08. The van der Waals surface area contributed by atoms with Gasteiger partial charge in [-0.2, -0.15) is 18.3 Å². The SMILES string of the molecule is Cc1[nH]c(C2CC(c3ccccc3)=NN2c2ccccc2)c(C)c1C(=O)NCC(F)(F)F. The second kappa shape index (κ2) is 8.53. The lowest BCUT2D eigenvalue weighted by Gasteiger charge is -2.23. The maximum absolute atomic E-state index is 12.6. The van der Waals surface area contributed by atoms with Crippen molar-refractivity contribution in [2.24, 2.45) is 5.10 Å². The summed E-state index contributed by atoms with van der Waals surface area (Å²) in [5.41, 5.74) is 4.94. The summed E-state index contributed by atoms with van der Waals surface area (Å²) in [6, 6.07) is 19.3. The van der Waals surface area contributed by atoms with Crippen molar-refractivity contribution < 1.29 is 18.0 Å². The summed E-state index contributed by atoms with van der Waals surface area (Å²) in [7, 11) is 0. The molecule has 0 saturated carbocycles. The summed E-state index contributed by atoms with van der Waals surface area (Å²) in [4.78, 5) is 15.8. The number of benzene rings is 2. The van der Waals surface area contributed by atoms with Gasteiger partial charge >= 0.3 is 6.18 Å². The van der Waals surface area contributed by atoms with Crippen molar-refractivity contribution in [2.75, 3.05) is 11.6 Å². The molecule has 0 aliphatic carbocycles. The third-order valence-electron chi connectivity index (χ3n) is 5.52. The van der Waals surface area contributed by atoms with E-state index in [1.807, 2.05) is 71.0 Å². The van der Waals surface area contributed by atoms with Gasteiger partial charge in [0.05, 0.1) is 23.0 Å². The molecule has 1 amide bonds. The Labute approximate surface area is 184 Å². The zero-order valence-electron chi connectivity index (χ0n) is 17.7. The van der Waals surface area contributed by atoms with Crippen LogP contribution in [0.2, 0.25) is 0 Å². The lowest BCUT2D eigenvalue weighted by Crippen LogP contribution is -2.34. The van der Waals surface area contributed by atoms with Crippen molar-refractivity contribution >= 4 is 17.3 Å². The van der Waals surface area contributed by atoms with Crippen LogP contribution in [0, 0.1) is 13.8 Å². The molecular formula is C24H23F3N4O. The van der Waals surface area contributed by atoms with E-state index in [-0.39, 0.29) is 11.6 Å². The quantitative estimate of drug-likeness (QED) is 0.567. The Morgan fingerprint density at radius 3 is 2.34 bits per heavy atom. The number of carbonyl (C=O) groups excluding carboxylic acids is 1. The minimum atomic E-state index is -4.47. The molecule has 2 heterocycles. The van der Waals surface area contributed by atoms with Crippen molar-refractivity contribution in [2.45, 2.75) is 32.5 Å². The predicted molar refractivity (Wildman–Crippen MR) is 118 cm³/mol. The molecule has 2 N–H and O–H groups in total. The molecule has 0 bridgehead atoms. The number of carbonyl (C=O) groups is 1.